The molecular weight excluding hydrogens is 132 g/mol. The first-order chi connectivity index (χ1) is 4.54. The summed E-state index contributed by atoms with van der Waals surface area (Å²) in [4.78, 5) is 10.0. The highest BCUT2D eigenvalue weighted by atomic mass is 16.5. The zero-order valence-electron chi connectivity index (χ0n) is 7.05. The topological polar surface area (TPSA) is 46.5 Å². The van der Waals surface area contributed by atoms with Crippen molar-refractivity contribution in [2.75, 3.05) is 6.61 Å². The number of ether oxygens (including phenoxy) is 1. The van der Waals surface area contributed by atoms with Crippen molar-refractivity contribution in [3.63, 3.8) is 0 Å². The molecule has 3 heteroatoms. The average molecular weight is 148 g/mol. The summed E-state index contributed by atoms with van der Waals surface area (Å²) in [6, 6.07) is 0. The first-order valence-electron chi connectivity index (χ1n) is 3.32. The van der Waals surface area contributed by atoms with Gasteiger partial charge in [0.25, 0.3) is 0 Å². The molecule has 0 amide bonds. The molecular formula is C7H16O3. The van der Waals surface area contributed by atoms with Crippen LogP contribution < -0.4 is 0 Å². The van der Waals surface area contributed by atoms with Crippen LogP contribution in [0.25, 0.3) is 0 Å². The lowest BCUT2D eigenvalue weighted by Crippen LogP contribution is -2.06. The number of hydrogen-bond donors (Lipinski definition) is 1. The first-order valence-corrected chi connectivity index (χ1v) is 3.32. The monoisotopic (exact) mass is 148 g/mol. The van der Waals surface area contributed by atoms with Gasteiger partial charge in [-0.05, 0) is 20.8 Å². The van der Waals surface area contributed by atoms with Crippen LogP contribution in [-0.4, -0.2) is 23.8 Å². The molecule has 0 fully saturated rings. The number of aliphatic hydroxyl groups is 1. The summed E-state index contributed by atoms with van der Waals surface area (Å²) in [7, 11) is 0. The van der Waals surface area contributed by atoms with Crippen LogP contribution in [0.1, 0.15) is 27.7 Å². The van der Waals surface area contributed by atoms with Crippen molar-refractivity contribution in [2.24, 2.45) is 0 Å². The van der Waals surface area contributed by atoms with E-state index in [2.05, 4.69) is 4.74 Å². The van der Waals surface area contributed by atoms with Crippen molar-refractivity contribution in [1.82, 2.24) is 0 Å². The van der Waals surface area contributed by atoms with Gasteiger partial charge in [0.15, 0.2) is 0 Å². The van der Waals surface area contributed by atoms with E-state index in [1.165, 1.54) is 6.92 Å². The predicted octanol–water partition coefficient (Wildman–Crippen LogP) is 0.956. The Labute approximate surface area is 62.0 Å². The molecule has 0 aromatic carbocycles. The number of rotatable bonds is 1. The highest BCUT2D eigenvalue weighted by Crippen LogP contribution is 1.85. The Hall–Kier alpha value is -0.570. The molecule has 0 bridgehead atoms. The van der Waals surface area contributed by atoms with Crippen molar-refractivity contribution in [2.45, 2.75) is 33.8 Å². The second-order valence-electron chi connectivity index (χ2n) is 1.97. The van der Waals surface area contributed by atoms with E-state index in [1.807, 2.05) is 13.8 Å². The lowest BCUT2D eigenvalue weighted by Gasteiger charge is -2.01. The van der Waals surface area contributed by atoms with Crippen LogP contribution >= 0.6 is 0 Å². The largest absolute Gasteiger partial charge is 0.463 e. The standard InChI is InChI=1S/C5H10O2.C2H6O/c1-4(2)7-5(3)6;1-2-3/h4H,1-3H3;3H,2H2,1H3. The zero-order valence-corrected chi connectivity index (χ0v) is 7.05. The van der Waals surface area contributed by atoms with Crippen molar-refractivity contribution >= 4 is 5.97 Å². The van der Waals surface area contributed by atoms with Gasteiger partial charge in [-0.15, -0.1) is 0 Å². The number of carbonyl (C=O) groups is 1. The number of esters is 1. The van der Waals surface area contributed by atoms with Gasteiger partial charge in [0.1, 0.15) is 0 Å². The molecule has 0 saturated heterocycles. The summed E-state index contributed by atoms with van der Waals surface area (Å²) in [5, 5.41) is 7.57. The number of carbonyl (C=O) groups excluding carboxylic acids is 1. The summed E-state index contributed by atoms with van der Waals surface area (Å²) in [6.45, 7) is 6.98. The SMILES string of the molecule is CC(=O)OC(C)C.CCO. The average Bonchev–Trinajstić information content (AvgIpc) is 1.62. The van der Waals surface area contributed by atoms with E-state index in [9.17, 15) is 4.79 Å². The highest BCUT2D eigenvalue weighted by Gasteiger charge is 1.93. The zero-order chi connectivity index (χ0) is 8.57. The van der Waals surface area contributed by atoms with Crippen molar-refractivity contribution in [3.05, 3.63) is 0 Å². The molecule has 0 aromatic heterocycles. The lowest BCUT2D eigenvalue weighted by atomic mass is 10.5. The van der Waals surface area contributed by atoms with E-state index in [4.69, 9.17) is 5.11 Å². The van der Waals surface area contributed by atoms with Crippen LogP contribution in [0.5, 0.6) is 0 Å². The molecule has 0 aliphatic heterocycles. The quantitative estimate of drug-likeness (QED) is 0.563. The molecule has 0 radical (unpaired) electrons. The summed E-state index contributed by atoms with van der Waals surface area (Å²) >= 11 is 0. The summed E-state index contributed by atoms with van der Waals surface area (Å²) in [5.41, 5.74) is 0. The molecule has 0 heterocycles. The van der Waals surface area contributed by atoms with E-state index in [-0.39, 0.29) is 18.7 Å². The minimum Gasteiger partial charge on any atom is -0.463 e. The molecule has 3 nitrogen and oxygen atoms in total. The maximum Gasteiger partial charge on any atom is 0.302 e. The molecule has 0 rings (SSSR count). The summed E-state index contributed by atoms with van der Waals surface area (Å²) in [6.07, 6.45) is 0.0255. The molecule has 0 aromatic rings. The lowest BCUT2D eigenvalue weighted by molar-refractivity contribution is -0.144. The Morgan fingerprint density at radius 2 is 1.90 bits per heavy atom. The van der Waals surface area contributed by atoms with Crippen LogP contribution in [0.4, 0.5) is 0 Å². The van der Waals surface area contributed by atoms with Crippen LogP contribution in [0, 0.1) is 0 Å². The fourth-order valence-electron chi connectivity index (χ4n) is 0.332. The van der Waals surface area contributed by atoms with Crippen molar-refractivity contribution < 1.29 is 14.6 Å². The van der Waals surface area contributed by atoms with Gasteiger partial charge in [-0.1, -0.05) is 0 Å². The second kappa shape index (κ2) is 8.43. The molecule has 0 aliphatic rings. The van der Waals surface area contributed by atoms with Crippen molar-refractivity contribution in [1.29, 1.82) is 0 Å². The smallest absolute Gasteiger partial charge is 0.302 e. The van der Waals surface area contributed by atoms with Gasteiger partial charge in [-0.25, -0.2) is 0 Å². The van der Waals surface area contributed by atoms with E-state index in [1.54, 1.807) is 6.92 Å². The first kappa shape index (κ1) is 12.1. The van der Waals surface area contributed by atoms with Crippen LogP contribution in [0.3, 0.4) is 0 Å². The van der Waals surface area contributed by atoms with E-state index in [0.29, 0.717) is 0 Å². The van der Waals surface area contributed by atoms with Crippen molar-refractivity contribution in [3.8, 4) is 0 Å². The molecule has 0 aliphatic carbocycles. The number of aliphatic hydroxyl groups excluding tert-OH is 1. The molecule has 1 N–H and O–H groups in total. The second-order valence-corrected chi connectivity index (χ2v) is 1.97. The van der Waals surface area contributed by atoms with Gasteiger partial charge in [-0.3, -0.25) is 4.79 Å². The Kier molecular flexibility index (Phi) is 10.2. The Bertz CT molecular complexity index is 78.9. The fourth-order valence-corrected chi connectivity index (χ4v) is 0.332. The van der Waals surface area contributed by atoms with Gasteiger partial charge in [-0.2, -0.15) is 0 Å². The molecule has 0 saturated carbocycles. The van der Waals surface area contributed by atoms with E-state index < -0.39 is 0 Å². The Morgan fingerprint density at radius 1 is 1.60 bits per heavy atom. The third-order valence-electron chi connectivity index (χ3n) is 0.402. The molecule has 10 heavy (non-hydrogen) atoms. The molecule has 0 unspecified atom stereocenters. The fraction of sp³-hybridized carbons (Fsp3) is 0.857. The minimum atomic E-state index is -0.213. The molecule has 0 atom stereocenters. The van der Waals surface area contributed by atoms with Gasteiger partial charge in [0.05, 0.1) is 6.10 Å². The summed E-state index contributed by atoms with van der Waals surface area (Å²) < 4.78 is 4.61. The predicted molar refractivity (Wildman–Crippen MR) is 39.7 cm³/mol. The van der Waals surface area contributed by atoms with Crippen LogP contribution in [-0.2, 0) is 9.53 Å². The summed E-state index contributed by atoms with van der Waals surface area (Å²) in [5.74, 6) is -0.213. The van der Waals surface area contributed by atoms with E-state index in [0.717, 1.165) is 0 Å². The normalized spacial score (nSPS) is 8.20. The third kappa shape index (κ3) is 26.1. The Balaban J connectivity index is 0. The molecule has 0 spiro atoms. The van der Waals surface area contributed by atoms with Gasteiger partial charge >= 0.3 is 5.97 Å². The van der Waals surface area contributed by atoms with Crippen LogP contribution in [0.2, 0.25) is 0 Å². The van der Waals surface area contributed by atoms with Crippen LogP contribution in [0.15, 0.2) is 0 Å². The number of hydrogen-bond acceptors (Lipinski definition) is 3. The van der Waals surface area contributed by atoms with Gasteiger partial charge in [0, 0.05) is 13.5 Å². The van der Waals surface area contributed by atoms with Gasteiger partial charge < -0.3 is 9.84 Å². The third-order valence-corrected chi connectivity index (χ3v) is 0.402. The van der Waals surface area contributed by atoms with Gasteiger partial charge in [0.2, 0.25) is 0 Å². The Morgan fingerprint density at radius 3 is 1.90 bits per heavy atom. The highest BCUT2D eigenvalue weighted by molar-refractivity contribution is 5.66. The maximum absolute atomic E-state index is 10.0. The molecule has 62 valence electrons. The maximum atomic E-state index is 10.0. The van der Waals surface area contributed by atoms with E-state index >= 15 is 0 Å². The minimum absolute atomic E-state index is 0.0255.